The highest BCUT2D eigenvalue weighted by molar-refractivity contribution is 9.10. The molecule has 0 spiro atoms. The van der Waals surface area contributed by atoms with Gasteiger partial charge in [0.05, 0.1) is 11.9 Å². The Hall–Kier alpha value is -2.39. The summed E-state index contributed by atoms with van der Waals surface area (Å²) in [7, 11) is -3.75. The van der Waals surface area contributed by atoms with Crippen molar-refractivity contribution in [3.63, 3.8) is 0 Å². The Bertz CT molecular complexity index is 1200. The molecule has 2 amide bonds. The standard InChI is InChI=1S/C27H36BrN3O4S/c1-19-9-8-10-22(15-19)17-30(21(3)27(33)29-23-11-6-5-7-12-23)26(32)18-31(36(4,34)35)24-13-14-25(28)20(2)16-24/h8-10,13-16,21,23H,5-7,11-12,17-18H2,1-4H3,(H,29,33)/t21-/m0/s1. The highest BCUT2D eigenvalue weighted by Gasteiger charge is 2.31. The Kier molecular flexibility index (Phi) is 9.58. The lowest BCUT2D eigenvalue weighted by Gasteiger charge is -2.33. The van der Waals surface area contributed by atoms with E-state index in [1.54, 1.807) is 25.1 Å². The molecule has 0 aliphatic heterocycles. The van der Waals surface area contributed by atoms with Gasteiger partial charge in [0.15, 0.2) is 0 Å². The Morgan fingerprint density at radius 3 is 2.39 bits per heavy atom. The molecule has 1 fully saturated rings. The number of nitrogens with one attached hydrogen (secondary N) is 1. The summed E-state index contributed by atoms with van der Waals surface area (Å²) in [5.41, 5.74) is 3.18. The van der Waals surface area contributed by atoms with Crippen molar-refractivity contribution in [2.75, 3.05) is 17.1 Å². The van der Waals surface area contributed by atoms with E-state index in [1.807, 2.05) is 38.1 Å². The number of carbonyl (C=O) groups excluding carboxylic acids is 2. The van der Waals surface area contributed by atoms with Crippen LogP contribution in [-0.2, 0) is 26.2 Å². The van der Waals surface area contributed by atoms with Gasteiger partial charge in [-0.25, -0.2) is 8.42 Å². The molecule has 0 radical (unpaired) electrons. The van der Waals surface area contributed by atoms with E-state index in [2.05, 4.69) is 21.2 Å². The second kappa shape index (κ2) is 12.2. The van der Waals surface area contributed by atoms with Crippen molar-refractivity contribution in [3.8, 4) is 0 Å². The number of sulfonamides is 1. The molecule has 1 N–H and O–H groups in total. The lowest BCUT2D eigenvalue weighted by Crippen LogP contribution is -2.53. The van der Waals surface area contributed by atoms with Crippen LogP contribution in [-0.4, -0.2) is 50.0 Å². The first-order chi connectivity index (χ1) is 17.0. The second-order valence-corrected chi connectivity index (χ2v) is 12.5. The summed E-state index contributed by atoms with van der Waals surface area (Å²) in [6.45, 7) is 5.34. The fraction of sp³-hybridized carbons (Fsp3) is 0.481. The Morgan fingerprint density at radius 1 is 1.08 bits per heavy atom. The van der Waals surface area contributed by atoms with E-state index in [9.17, 15) is 18.0 Å². The predicted molar refractivity (Wildman–Crippen MR) is 147 cm³/mol. The first-order valence-electron chi connectivity index (χ1n) is 12.3. The summed E-state index contributed by atoms with van der Waals surface area (Å²) >= 11 is 3.43. The Balaban J connectivity index is 1.88. The van der Waals surface area contributed by atoms with Crippen molar-refractivity contribution >= 4 is 43.5 Å². The molecule has 196 valence electrons. The number of hydrogen-bond donors (Lipinski definition) is 1. The van der Waals surface area contributed by atoms with Gasteiger partial charge in [0, 0.05) is 17.1 Å². The summed E-state index contributed by atoms with van der Waals surface area (Å²) in [5, 5.41) is 3.11. The minimum atomic E-state index is -3.75. The summed E-state index contributed by atoms with van der Waals surface area (Å²) in [4.78, 5) is 28.4. The number of halogens is 1. The molecule has 36 heavy (non-hydrogen) atoms. The van der Waals surface area contributed by atoms with Crippen molar-refractivity contribution in [2.45, 2.75) is 71.5 Å². The molecular formula is C27H36BrN3O4S. The van der Waals surface area contributed by atoms with Crippen molar-refractivity contribution in [1.29, 1.82) is 0 Å². The third kappa shape index (κ3) is 7.56. The molecule has 0 saturated heterocycles. The van der Waals surface area contributed by atoms with Crippen LogP contribution in [0.4, 0.5) is 5.69 Å². The third-order valence-corrected chi connectivity index (χ3v) is 8.69. The number of aryl methyl sites for hydroxylation is 2. The van der Waals surface area contributed by atoms with Gasteiger partial charge in [-0.1, -0.05) is 65.0 Å². The molecule has 9 heteroatoms. The number of anilines is 1. The van der Waals surface area contributed by atoms with Crippen LogP contribution in [0.2, 0.25) is 0 Å². The Labute approximate surface area is 223 Å². The largest absolute Gasteiger partial charge is 0.352 e. The molecule has 0 bridgehead atoms. The monoisotopic (exact) mass is 577 g/mol. The predicted octanol–water partition coefficient (Wildman–Crippen LogP) is 4.70. The number of hydrogen-bond acceptors (Lipinski definition) is 4. The van der Waals surface area contributed by atoms with Crippen LogP contribution >= 0.6 is 15.9 Å². The molecule has 1 aliphatic rings. The van der Waals surface area contributed by atoms with Crippen LogP contribution in [0.15, 0.2) is 46.9 Å². The number of amides is 2. The number of carbonyl (C=O) groups is 2. The zero-order valence-corrected chi connectivity index (χ0v) is 23.9. The van der Waals surface area contributed by atoms with E-state index in [1.165, 1.54) is 11.3 Å². The van der Waals surface area contributed by atoms with Gasteiger partial charge in [0.2, 0.25) is 21.8 Å². The topological polar surface area (TPSA) is 86.8 Å². The minimum absolute atomic E-state index is 0.114. The lowest BCUT2D eigenvalue weighted by atomic mass is 9.95. The molecule has 1 atom stereocenters. The van der Waals surface area contributed by atoms with Gasteiger partial charge in [0.1, 0.15) is 12.6 Å². The molecule has 2 aromatic rings. The average molecular weight is 579 g/mol. The van der Waals surface area contributed by atoms with E-state index in [0.717, 1.165) is 57.4 Å². The molecule has 0 heterocycles. The molecule has 1 saturated carbocycles. The van der Waals surface area contributed by atoms with Gasteiger partial charge in [-0.05, 0) is 62.9 Å². The first kappa shape index (κ1) is 28.2. The van der Waals surface area contributed by atoms with Crippen molar-refractivity contribution in [2.24, 2.45) is 0 Å². The number of benzene rings is 2. The Morgan fingerprint density at radius 2 is 1.78 bits per heavy atom. The zero-order valence-electron chi connectivity index (χ0n) is 21.5. The maximum absolute atomic E-state index is 13.7. The SMILES string of the molecule is Cc1cccc(CN(C(=O)CN(c2ccc(Br)c(C)c2)S(C)(=O)=O)[C@@H](C)C(=O)NC2CCCCC2)c1. The van der Waals surface area contributed by atoms with Gasteiger partial charge in [-0.15, -0.1) is 0 Å². The molecule has 0 unspecified atom stereocenters. The summed E-state index contributed by atoms with van der Waals surface area (Å²) in [6.07, 6.45) is 6.31. The van der Waals surface area contributed by atoms with E-state index >= 15 is 0 Å². The van der Waals surface area contributed by atoms with E-state index in [-0.39, 0.29) is 18.5 Å². The highest BCUT2D eigenvalue weighted by atomic mass is 79.9. The number of rotatable bonds is 9. The fourth-order valence-electron chi connectivity index (χ4n) is 4.56. The quantitative estimate of drug-likeness (QED) is 0.468. The van der Waals surface area contributed by atoms with Gasteiger partial charge < -0.3 is 10.2 Å². The fourth-order valence-corrected chi connectivity index (χ4v) is 5.64. The molecule has 1 aliphatic carbocycles. The van der Waals surface area contributed by atoms with Crippen LogP contribution < -0.4 is 9.62 Å². The summed E-state index contributed by atoms with van der Waals surface area (Å²) in [6, 6.07) is 12.3. The molecule has 7 nitrogen and oxygen atoms in total. The molecule has 3 rings (SSSR count). The smallest absolute Gasteiger partial charge is 0.244 e. The number of nitrogens with zero attached hydrogens (tertiary/aromatic N) is 2. The molecular weight excluding hydrogens is 542 g/mol. The van der Waals surface area contributed by atoms with Crippen LogP contribution in [0.3, 0.4) is 0 Å². The van der Waals surface area contributed by atoms with E-state index < -0.39 is 28.5 Å². The molecule has 2 aromatic carbocycles. The van der Waals surface area contributed by atoms with Crippen molar-refractivity contribution in [3.05, 3.63) is 63.6 Å². The van der Waals surface area contributed by atoms with Crippen molar-refractivity contribution in [1.82, 2.24) is 10.2 Å². The van der Waals surface area contributed by atoms with Gasteiger partial charge >= 0.3 is 0 Å². The lowest BCUT2D eigenvalue weighted by molar-refractivity contribution is -0.139. The van der Waals surface area contributed by atoms with E-state index in [0.29, 0.717) is 5.69 Å². The van der Waals surface area contributed by atoms with Crippen LogP contribution in [0.1, 0.15) is 55.7 Å². The average Bonchev–Trinajstić information content (AvgIpc) is 2.82. The third-order valence-electron chi connectivity index (χ3n) is 6.66. The minimum Gasteiger partial charge on any atom is -0.352 e. The van der Waals surface area contributed by atoms with Crippen molar-refractivity contribution < 1.29 is 18.0 Å². The second-order valence-electron chi connectivity index (χ2n) is 9.73. The normalized spacial score (nSPS) is 15.2. The van der Waals surface area contributed by atoms with Crippen LogP contribution in [0, 0.1) is 13.8 Å². The first-order valence-corrected chi connectivity index (χ1v) is 15.0. The van der Waals surface area contributed by atoms with Crippen LogP contribution in [0.25, 0.3) is 0 Å². The van der Waals surface area contributed by atoms with Gasteiger partial charge in [-0.3, -0.25) is 13.9 Å². The highest BCUT2D eigenvalue weighted by Crippen LogP contribution is 2.25. The molecule has 0 aromatic heterocycles. The summed E-state index contributed by atoms with van der Waals surface area (Å²) in [5.74, 6) is -0.651. The summed E-state index contributed by atoms with van der Waals surface area (Å²) < 4.78 is 27.4. The maximum atomic E-state index is 13.7. The van der Waals surface area contributed by atoms with E-state index in [4.69, 9.17) is 0 Å². The van der Waals surface area contributed by atoms with Crippen LogP contribution in [0.5, 0.6) is 0 Å². The maximum Gasteiger partial charge on any atom is 0.244 e. The zero-order chi connectivity index (χ0) is 26.5. The van der Waals surface area contributed by atoms with Gasteiger partial charge in [0.25, 0.3) is 0 Å². The van der Waals surface area contributed by atoms with Gasteiger partial charge in [-0.2, -0.15) is 0 Å².